The predicted molar refractivity (Wildman–Crippen MR) is 117 cm³/mol. The Balaban J connectivity index is 1.42. The van der Waals surface area contributed by atoms with Gasteiger partial charge >= 0.3 is 0 Å². The SMILES string of the molecule is Cc1ccc(-c2cnc(N3CCC[C@H](C(=O)Nc4cccc(C)c4)C3)nc2)cc1. The molecule has 0 radical (unpaired) electrons. The number of rotatable bonds is 4. The first-order valence-electron chi connectivity index (χ1n) is 10.1. The van der Waals surface area contributed by atoms with Gasteiger partial charge < -0.3 is 10.2 Å². The zero-order valence-corrected chi connectivity index (χ0v) is 16.9. The molecule has 0 aliphatic carbocycles. The summed E-state index contributed by atoms with van der Waals surface area (Å²) >= 11 is 0. The van der Waals surface area contributed by atoms with Crippen LogP contribution in [0.2, 0.25) is 0 Å². The van der Waals surface area contributed by atoms with Crippen molar-refractivity contribution < 1.29 is 4.79 Å². The van der Waals surface area contributed by atoms with Crippen LogP contribution in [0.4, 0.5) is 11.6 Å². The van der Waals surface area contributed by atoms with Gasteiger partial charge in [-0.15, -0.1) is 0 Å². The summed E-state index contributed by atoms with van der Waals surface area (Å²) in [6.45, 7) is 5.61. The average molecular weight is 386 g/mol. The van der Waals surface area contributed by atoms with Crippen molar-refractivity contribution in [3.05, 3.63) is 72.1 Å². The third kappa shape index (κ3) is 4.62. The van der Waals surface area contributed by atoms with Gasteiger partial charge in [-0.05, 0) is 49.9 Å². The van der Waals surface area contributed by atoms with Crippen molar-refractivity contribution in [1.29, 1.82) is 0 Å². The highest BCUT2D eigenvalue weighted by molar-refractivity contribution is 5.93. The Bertz CT molecular complexity index is 983. The van der Waals surface area contributed by atoms with E-state index in [0.717, 1.165) is 41.8 Å². The van der Waals surface area contributed by atoms with E-state index in [1.165, 1.54) is 5.56 Å². The van der Waals surface area contributed by atoms with E-state index >= 15 is 0 Å². The summed E-state index contributed by atoms with van der Waals surface area (Å²) < 4.78 is 0. The molecule has 5 heteroatoms. The van der Waals surface area contributed by atoms with Crippen molar-refractivity contribution in [1.82, 2.24) is 9.97 Å². The van der Waals surface area contributed by atoms with Crippen molar-refractivity contribution in [3.63, 3.8) is 0 Å². The van der Waals surface area contributed by atoms with E-state index in [1.807, 2.05) is 43.6 Å². The Morgan fingerprint density at radius 1 is 1.00 bits per heavy atom. The monoisotopic (exact) mass is 386 g/mol. The van der Waals surface area contributed by atoms with Gasteiger partial charge in [-0.3, -0.25) is 4.79 Å². The zero-order valence-electron chi connectivity index (χ0n) is 16.9. The molecule has 29 heavy (non-hydrogen) atoms. The molecule has 4 rings (SSSR count). The fourth-order valence-electron chi connectivity index (χ4n) is 3.72. The van der Waals surface area contributed by atoms with E-state index in [9.17, 15) is 4.79 Å². The van der Waals surface area contributed by atoms with E-state index in [1.54, 1.807) is 0 Å². The van der Waals surface area contributed by atoms with Crippen LogP contribution in [0.3, 0.4) is 0 Å². The molecule has 0 unspecified atom stereocenters. The quantitative estimate of drug-likeness (QED) is 0.711. The molecule has 1 fully saturated rings. The van der Waals surface area contributed by atoms with E-state index in [4.69, 9.17) is 0 Å². The van der Waals surface area contributed by atoms with Crippen LogP contribution in [0.1, 0.15) is 24.0 Å². The molecular formula is C24H26N4O. The summed E-state index contributed by atoms with van der Waals surface area (Å²) in [6, 6.07) is 16.2. The van der Waals surface area contributed by atoms with Crippen LogP contribution in [0.5, 0.6) is 0 Å². The summed E-state index contributed by atoms with van der Waals surface area (Å²) in [7, 11) is 0. The molecule has 1 aromatic heterocycles. The molecule has 2 aromatic carbocycles. The average Bonchev–Trinajstić information content (AvgIpc) is 2.74. The number of hydrogen-bond acceptors (Lipinski definition) is 4. The molecule has 1 aliphatic rings. The van der Waals surface area contributed by atoms with Gasteiger partial charge in [0, 0.05) is 36.7 Å². The number of aryl methyl sites for hydroxylation is 2. The fraction of sp³-hybridized carbons (Fsp3) is 0.292. The number of amides is 1. The number of hydrogen-bond donors (Lipinski definition) is 1. The van der Waals surface area contributed by atoms with E-state index < -0.39 is 0 Å². The third-order valence-corrected chi connectivity index (χ3v) is 5.38. The number of piperidine rings is 1. The van der Waals surface area contributed by atoms with Gasteiger partial charge in [0.15, 0.2) is 0 Å². The zero-order chi connectivity index (χ0) is 20.2. The maximum atomic E-state index is 12.7. The second-order valence-corrected chi connectivity index (χ2v) is 7.78. The van der Waals surface area contributed by atoms with Gasteiger partial charge in [0.2, 0.25) is 11.9 Å². The lowest BCUT2D eigenvalue weighted by Crippen LogP contribution is -2.41. The van der Waals surface area contributed by atoms with Crippen molar-refractivity contribution in [3.8, 4) is 11.1 Å². The van der Waals surface area contributed by atoms with Crippen LogP contribution in [0, 0.1) is 19.8 Å². The molecule has 148 valence electrons. The second-order valence-electron chi connectivity index (χ2n) is 7.78. The summed E-state index contributed by atoms with van der Waals surface area (Å²) in [6.07, 6.45) is 5.57. The molecule has 1 saturated heterocycles. The number of nitrogens with one attached hydrogen (secondary N) is 1. The summed E-state index contributed by atoms with van der Waals surface area (Å²) in [5.74, 6) is 0.690. The smallest absolute Gasteiger partial charge is 0.229 e. The lowest BCUT2D eigenvalue weighted by molar-refractivity contribution is -0.120. The Morgan fingerprint density at radius 2 is 1.76 bits per heavy atom. The van der Waals surface area contributed by atoms with Crippen LogP contribution in [-0.4, -0.2) is 29.0 Å². The lowest BCUT2D eigenvalue weighted by atomic mass is 9.97. The molecule has 5 nitrogen and oxygen atoms in total. The summed E-state index contributed by atoms with van der Waals surface area (Å²) in [4.78, 5) is 24.0. The van der Waals surface area contributed by atoms with Crippen molar-refractivity contribution in [2.75, 3.05) is 23.3 Å². The van der Waals surface area contributed by atoms with Gasteiger partial charge in [0.1, 0.15) is 0 Å². The van der Waals surface area contributed by atoms with E-state index in [-0.39, 0.29) is 11.8 Å². The molecule has 1 aliphatic heterocycles. The topological polar surface area (TPSA) is 58.1 Å². The molecule has 0 spiro atoms. The first-order valence-corrected chi connectivity index (χ1v) is 10.1. The highest BCUT2D eigenvalue weighted by atomic mass is 16.1. The first-order chi connectivity index (χ1) is 14.1. The van der Waals surface area contributed by atoms with E-state index in [0.29, 0.717) is 12.5 Å². The van der Waals surface area contributed by atoms with Gasteiger partial charge in [-0.1, -0.05) is 42.0 Å². The second kappa shape index (κ2) is 8.43. The van der Waals surface area contributed by atoms with Crippen molar-refractivity contribution >= 4 is 17.5 Å². The number of carbonyl (C=O) groups is 1. The number of benzene rings is 2. The van der Waals surface area contributed by atoms with E-state index in [2.05, 4.69) is 51.4 Å². The number of aromatic nitrogens is 2. The fourth-order valence-corrected chi connectivity index (χ4v) is 3.72. The molecule has 0 bridgehead atoms. The first kappa shape index (κ1) is 19.1. The van der Waals surface area contributed by atoms with Crippen LogP contribution in [-0.2, 0) is 4.79 Å². The van der Waals surface area contributed by atoms with Crippen LogP contribution in [0.15, 0.2) is 60.9 Å². The molecule has 2 heterocycles. The minimum Gasteiger partial charge on any atom is -0.340 e. The Kier molecular flexibility index (Phi) is 5.56. The van der Waals surface area contributed by atoms with Crippen LogP contribution >= 0.6 is 0 Å². The van der Waals surface area contributed by atoms with Gasteiger partial charge in [0.05, 0.1) is 5.92 Å². The minimum atomic E-state index is -0.0652. The molecular weight excluding hydrogens is 360 g/mol. The standard InChI is InChI=1S/C24H26N4O/c1-17-8-10-19(11-9-17)21-14-25-24(26-15-21)28-12-4-6-20(16-28)23(29)27-22-7-3-5-18(2)13-22/h3,5,7-11,13-15,20H,4,6,12,16H2,1-2H3,(H,27,29)/t20-/m0/s1. The molecule has 3 aromatic rings. The molecule has 1 amide bonds. The van der Waals surface area contributed by atoms with Gasteiger partial charge in [-0.2, -0.15) is 0 Å². The maximum absolute atomic E-state index is 12.7. The largest absolute Gasteiger partial charge is 0.340 e. The molecule has 0 saturated carbocycles. The predicted octanol–water partition coefficient (Wildman–Crippen LogP) is 4.62. The summed E-state index contributed by atoms with van der Waals surface area (Å²) in [5, 5.41) is 3.05. The summed E-state index contributed by atoms with van der Waals surface area (Å²) in [5.41, 5.74) is 5.33. The number of carbonyl (C=O) groups excluding carboxylic acids is 1. The number of anilines is 2. The highest BCUT2D eigenvalue weighted by Gasteiger charge is 2.27. The van der Waals surface area contributed by atoms with Crippen molar-refractivity contribution in [2.24, 2.45) is 5.92 Å². The van der Waals surface area contributed by atoms with Crippen LogP contribution in [0.25, 0.3) is 11.1 Å². The van der Waals surface area contributed by atoms with Crippen molar-refractivity contribution in [2.45, 2.75) is 26.7 Å². The molecule has 1 N–H and O–H groups in total. The normalized spacial score (nSPS) is 16.5. The third-order valence-electron chi connectivity index (χ3n) is 5.38. The van der Waals surface area contributed by atoms with Crippen LogP contribution < -0.4 is 10.2 Å². The highest BCUT2D eigenvalue weighted by Crippen LogP contribution is 2.24. The number of nitrogens with zero attached hydrogens (tertiary/aromatic N) is 3. The Morgan fingerprint density at radius 3 is 2.48 bits per heavy atom. The Labute approximate surface area is 171 Å². The van der Waals surface area contributed by atoms with Gasteiger partial charge in [0.25, 0.3) is 0 Å². The minimum absolute atomic E-state index is 0.0652. The molecule has 1 atom stereocenters. The Hall–Kier alpha value is -3.21. The maximum Gasteiger partial charge on any atom is 0.229 e. The lowest BCUT2D eigenvalue weighted by Gasteiger charge is -2.32. The van der Waals surface area contributed by atoms with Gasteiger partial charge in [-0.25, -0.2) is 9.97 Å².